The van der Waals surface area contributed by atoms with E-state index < -0.39 is 0 Å². The van der Waals surface area contributed by atoms with Crippen LogP contribution in [0.25, 0.3) is 0 Å². The van der Waals surface area contributed by atoms with Crippen LogP contribution in [0.4, 0.5) is 0 Å². The molecule has 2 rings (SSSR count). The van der Waals surface area contributed by atoms with E-state index in [1.807, 2.05) is 49.8 Å². The number of carbonyl (C=O) groups excluding carboxylic acids is 1. The summed E-state index contributed by atoms with van der Waals surface area (Å²) in [7, 11) is 1.94. The van der Waals surface area contributed by atoms with Crippen molar-refractivity contribution in [3.8, 4) is 0 Å². The lowest BCUT2D eigenvalue weighted by Gasteiger charge is -2.17. The molecule has 5 heteroatoms. The van der Waals surface area contributed by atoms with E-state index in [0.29, 0.717) is 6.42 Å². The molecule has 2 aromatic rings. The average molecular weight is 378 g/mol. The van der Waals surface area contributed by atoms with Gasteiger partial charge in [-0.3, -0.25) is 9.48 Å². The van der Waals surface area contributed by atoms with Crippen LogP contribution in [0.3, 0.4) is 0 Å². The predicted octanol–water partition coefficient (Wildman–Crippen LogP) is 4.00. The number of benzene rings is 1. The Morgan fingerprint density at radius 3 is 2.48 bits per heavy atom. The van der Waals surface area contributed by atoms with E-state index >= 15 is 0 Å². The van der Waals surface area contributed by atoms with Crippen molar-refractivity contribution in [1.82, 2.24) is 15.1 Å². The number of rotatable bonds is 6. The average Bonchev–Trinajstić information content (AvgIpc) is 2.77. The summed E-state index contributed by atoms with van der Waals surface area (Å²) < 4.78 is 2.92. The van der Waals surface area contributed by atoms with Crippen molar-refractivity contribution >= 4 is 21.8 Å². The first-order chi connectivity index (χ1) is 10.9. The summed E-state index contributed by atoms with van der Waals surface area (Å²) in [5.41, 5.74) is 4.46. The first-order valence-electron chi connectivity index (χ1n) is 7.96. The van der Waals surface area contributed by atoms with Crippen molar-refractivity contribution in [2.45, 2.75) is 46.1 Å². The predicted molar refractivity (Wildman–Crippen MR) is 96.3 cm³/mol. The Morgan fingerprint density at radius 2 is 1.96 bits per heavy atom. The number of hydrogen-bond acceptors (Lipinski definition) is 2. The summed E-state index contributed by atoms with van der Waals surface area (Å²) in [6, 6.07) is 8.17. The molecule has 0 aliphatic heterocycles. The molecule has 0 saturated carbocycles. The van der Waals surface area contributed by atoms with E-state index in [0.717, 1.165) is 34.3 Å². The van der Waals surface area contributed by atoms with E-state index in [9.17, 15) is 4.79 Å². The van der Waals surface area contributed by atoms with Gasteiger partial charge in [-0.2, -0.15) is 5.10 Å². The Labute approximate surface area is 146 Å². The largest absolute Gasteiger partial charge is 0.349 e. The minimum Gasteiger partial charge on any atom is -0.349 e. The normalized spacial score (nSPS) is 12.2. The van der Waals surface area contributed by atoms with Crippen LogP contribution in [0.2, 0.25) is 0 Å². The van der Waals surface area contributed by atoms with Crippen LogP contribution in [0.15, 0.2) is 28.7 Å². The molecule has 0 aliphatic carbocycles. The van der Waals surface area contributed by atoms with Gasteiger partial charge in [0.2, 0.25) is 5.91 Å². The first-order valence-corrected chi connectivity index (χ1v) is 8.75. The lowest BCUT2D eigenvalue weighted by molar-refractivity contribution is -0.121. The van der Waals surface area contributed by atoms with Gasteiger partial charge < -0.3 is 5.32 Å². The quantitative estimate of drug-likeness (QED) is 0.826. The molecule has 1 heterocycles. The Balaban J connectivity index is 1.96. The van der Waals surface area contributed by atoms with Gasteiger partial charge in [0.05, 0.1) is 11.7 Å². The van der Waals surface area contributed by atoms with Gasteiger partial charge in [-0.25, -0.2) is 0 Å². The molecule has 1 aromatic carbocycles. The highest BCUT2D eigenvalue weighted by Crippen LogP contribution is 2.20. The van der Waals surface area contributed by atoms with Gasteiger partial charge in [0, 0.05) is 23.6 Å². The highest BCUT2D eigenvalue weighted by atomic mass is 79.9. The number of nitrogens with one attached hydrogen (secondary N) is 1. The summed E-state index contributed by atoms with van der Waals surface area (Å²) >= 11 is 3.44. The maximum absolute atomic E-state index is 12.3. The number of carbonyl (C=O) groups is 1. The van der Waals surface area contributed by atoms with Gasteiger partial charge >= 0.3 is 0 Å². The van der Waals surface area contributed by atoms with Gasteiger partial charge in [0.15, 0.2) is 0 Å². The highest BCUT2D eigenvalue weighted by molar-refractivity contribution is 9.10. The van der Waals surface area contributed by atoms with Crippen LogP contribution in [0, 0.1) is 13.8 Å². The van der Waals surface area contributed by atoms with E-state index in [1.54, 1.807) is 0 Å². The molecule has 23 heavy (non-hydrogen) atoms. The minimum absolute atomic E-state index is 0.0618. The maximum atomic E-state index is 12.3. The molecular formula is C18H24BrN3O. The van der Waals surface area contributed by atoms with Crippen LogP contribution in [-0.4, -0.2) is 15.7 Å². The van der Waals surface area contributed by atoms with Gasteiger partial charge in [-0.1, -0.05) is 35.0 Å². The van der Waals surface area contributed by atoms with Crippen molar-refractivity contribution in [3.05, 3.63) is 51.3 Å². The standard InChI is InChI=1S/C18H24BrN3O/c1-5-17(14-6-8-15(19)9-7-14)20-18(23)11-10-16-12(2)21-22(4)13(16)3/h6-9,17H,5,10-11H2,1-4H3,(H,20,23). The molecule has 1 atom stereocenters. The van der Waals surface area contributed by atoms with Gasteiger partial charge in [0.25, 0.3) is 0 Å². The van der Waals surface area contributed by atoms with Crippen LogP contribution in [-0.2, 0) is 18.3 Å². The fourth-order valence-electron chi connectivity index (χ4n) is 2.80. The molecule has 0 aliphatic rings. The lowest BCUT2D eigenvalue weighted by Crippen LogP contribution is -2.28. The Kier molecular flexibility index (Phi) is 5.99. The van der Waals surface area contributed by atoms with Gasteiger partial charge in [-0.05, 0) is 49.9 Å². The number of amides is 1. The first kappa shape index (κ1) is 17.7. The molecule has 4 nitrogen and oxygen atoms in total. The van der Waals surface area contributed by atoms with E-state index in [4.69, 9.17) is 0 Å². The summed E-state index contributed by atoms with van der Waals surface area (Å²) in [6.07, 6.45) is 2.09. The Morgan fingerprint density at radius 1 is 1.30 bits per heavy atom. The zero-order chi connectivity index (χ0) is 17.0. The van der Waals surface area contributed by atoms with Crippen molar-refractivity contribution < 1.29 is 4.79 Å². The Hall–Kier alpha value is -1.62. The van der Waals surface area contributed by atoms with Crippen LogP contribution in [0.5, 0.6) is 0 Å². The molecule has 1 unspecified atom stereocenters. The summed E-state index contributed by atoms with van der Waals surface area (Å²) in [5.74, 6) is 0.0856. The van der Waals surface area contributed by atoms with Gasteiger partial charge in [-0.15, -0.1) is 0 Å². The van der Waals surface area contributed by atoms with Crippen molar-refractivity contribution in [2.24, 2.45) is 7.05 Å². The molecule has 0 radical (unpaired) electrons. The summed E-state index contributed by atoms with van der Waals surface area (Å²) in [5, 5.41) is 7.54. The van der Waals surface area contributed by atoms with Gasteiger partial charge in [0.1, 0.15) is 0 Å². The second-order valence-corrected chi connectivity index (χ2v) is 6.77. The molecule has 0 saturated heterocycles. The van der Waals surface area contributed by atoms with Crippen LogP contribution in [0.1, 0.15) is 48.3 Å². The number of nitrogens with zero attached hydrogens (tertiary/aromatic N) is 2. The van der Waals surface area contributed by atoms with E-state index in [2.05, 4.69) is 33.3 Å². The second kappa shape index (κ2) is 7.77. The number of hydrogen-bond donors (Lipinski definition) is 1. The Bertz CT molecular complexity index is 676. The van der Waals surface area contributed by atoms with Crippen LogP contribution < -0.4 is 5.32 Å². The molecule has 1 amide bonds. The molecule has 1 aromatic heterocycles. The molecule has 0 bridgehead atoms. The summed E-state index contributed by atoms with van der Waals surface area (Å²) in [6.45, 7) is 6.13. The fraction of sp³-hybridized carbons (Fsp3) is 0.444. The maximum Gasteiger partial charge on any atom is 0.220 e. The minimum atomic E-state index is 0.0618. The van der Waals surface area contributed by atoms with E-state index in [-0.39, 0.29) is 11.9 Å². The van der Waals surface area contributed by atoms with Crippen LogP contribution >= 0.6 is 15.9 Å². The van der Waals surface area contributed by atoms with Crippen molar-refractivity contribution in [2.75, 3.05) is 0 Å². The third-order valence-corrected chi connectivity index (χ3v) is 4.81. The fourth-order valence-corrected chi connectivity index (χ4v) is 3.06. The third kappa shape index (κ3) is 4.44. The number of halogens is 1. The summed E-state index contributed by atoms with van der Waals surface area (Å²) in [4.78, 5) is 12.3. The molecule has 124 valence electrons. The van der Waals surface area contributed by atoms with E-state index in [1.165, 1.54) is 5.56 Å². The highest BCUT2D eigenvalue weighted by Gasteiger charge is 2.15. The zero-order valence-electron chi connectivity index (χ0n) is 14.2. The third-order valence-electron chi connectivity index (χ3n) is 4.28. The molecule has 0 fully saturated rings. The topological polar surface area (TPSA) is 46.9 Å². The molecule has 1 N–H and O–H groups in total. The SMILES string of the molecule is CCC(NC(=O)CCc1c(C)nn(C)c1C)c1ccc(Br)cc1. The number of aromatic nitrogens is 2. The molecule has 0 spiro atoms. The van der Waals surface area contributed by atoms with Crippen molar-refractivity contribution in [1.29, 1.82) is 0 Å². The smallest absolute Gasteiger partial charge is 0.220 e. The van der Waals surface area contributed by atoms with Crippen molar-refractivity contribution in [3.63, 3.8) is 0 Å². The lowest BCUT2D eigenvalue weighted by atomic mass is 10.0. The zero-order valence-corrected chi connectivity index (χ0v) is 15.8. The number of aryl methyl sites for hydroxylation is 2. The monoisotopic (exact) mass is 377 g/mol. The second-order valence-electron chi connectivity index (χ2n) is 5.85. The molecular weight excluding hydrogens is 354 g/mol.